The van der Waals surface area contributed by atoms with E-state index in [0.717, 1.165) is 25.2 Å². The van der Waals surface area contributed by atoms with Crippen molar-refractivity contribution in [3.05, 3.63) is 12.2 Å². The van der Waals surface area contributed by atoms with Crippen LogP contribution in [0.25, 0.3) is 0 Å². The van der Waals surface area contributed by atoms with Crippen LogP contribution in [0, 0.1) is 41.9 Å². The van der Waals surface area contributed by atoms with Crippen LogP contribution in [0.4, 0.5) is 0 Å². The highest BCUT2D eigenvalue weighted by molar-refractivity contribution is 5.27. The van der Waals surface area contributed by atoms with Gasteiger partial charge in [-0.1, -0.05) is 127 Å². The third-order valence-corrected chi connectivity index (χ3v) is 6.46. The first-order chi connectivity index (χ1) is 17.1. The summed E-state index contributed by atoms with van der Waals surface area (Å²) in [4.78, 5) is 0. The van der Waals surface area contributed by atoms with E-state index in [1.807, 2.05) is 6.08 Å². The van der Waals surface area contributed by atoms with Crippen molar-refractivity contribution in [3.8, 4) is 36.0 Å². The summed E-state index contributed by atoms with van der Waals surface area (Å²) in [5.74, 6) is 13.3. The summed E-state index contributed by atoms with van der Waals surface area (Å²) < 4.78 is 0. The lowest BCUT2D eigenvalue weighted by Gasteiger charge is -2.09. The molecule has 0 aromatic carbocycles. The molecule has 3 atom stereocenters. The fourth-order valence-electron chi connectivity index (χ4n) is 4.21. The van der Waals surface area contributed by atoms with Gasteiger partial charge in [-0.2, -0.15) is 0 Å². The van der Waals surface area contributed by atoms with Gasteiger partial charge in [0.2, 0.25) is 0 Å². The molecular formula is C32H52O3. The van der Waals surface area contributed by atoms with E-state index in [1.54, 1.807) is 6.08 Å². The minimum absolute atomic E-state index is 0.186. The quantitative estimate of drug-likeness (QED) is 0.0885. The molecule has 0 amide bonds. The van der Waals surface area contributed by atoms with Crippen molar-refractivity contribution >= 4 is 0 Å². The maximum absolute atomic E-state index is 9.72. The normalized spacial score (nSPS) is 13.3. The molecule has 3 heteroatoms. The van der Waals surface area contributed by atoms with E-state index in [-0.39, 0.29) is 6.61 Å². The summed E-state index contributed by atoms with van der Waals surface area (Å²) in [7, 11) is 0. The van der Waals surface area contributed by atoms with Gasteiger partial charge in [0, 0.05) is 0 Å². The van der Waals surface area contributed by atoms with Gasteiger partial charge in [0.05, 0.1) is 0 Å². The number of hydrogen-bond acceptors (Lipinski definition) is 3. The smallest absolute Gasteiger partial charge is 0.133 e. The summed E-state index contributed by atoms with van der Waals surface area (Å²) in [6.45, 7) is 2.14. The van der Waals surface area contributed by atoms with Crippen LogP contribution in [-0.4, -0.2) is 34.1 Å². The van der Waals surface area contributed by atoms with Crippen molar-refractivity contribution in [2.45, 2.75) is 141 Å². The Labute approximate surface area is 217 Å². The molecule has 0 saturated carbocycles. The largest absolute Gasteiger partial charge is 0.384 e. The van der Waals surface area contributed by atoms with Crippen LogP contribution in [0.15, 0.2) is 12.2 Å². The van der Waals surface area contributed by atoms with Crippen LogP contribution < -0.4 is 0 Å². The molecule has 0 aromatic rings. The molecule has 3 nitrogen and oxygen atoms in total. The van der Waals surface area contributed by atoms with Gasteiger partial charge in [-0.15, -0.1) is 6.42 Å². The third-order valence-electron chi connectivity index (χ3n) is 6.46. The Morgan fingerprint density at radius 1 is 0.686 bits per heavy atom. The molecule has 3 N–H and O–H groups in total. The zero-order chi connectivity index (χ0) is 25.8. The van der Waals surface area contributed by atoms with Crippen molar-refractivity contribution in [2.75, 3.05) is 6.61 Å². The second-order valence-electron chi connectivity index (χ2n) is 9.85. The Balaban J connectivity index is 3.29. The highest BCUT2D eigenvalue weighted by atomic mass is 16.3. The zero-order valence-corrected chi connectivity index (χ0v) is 22.4. The van der Waals surface area contributed by atoms with Crippen LogP contribution in [-0.2, 0) is 0 Å². The van der Waals surface area contributed by atoms with Crippen LogP contribution in [0.1, 0.15) is 129 Å². The van der Waals surface area contributed by atoms with E-state index in [4.69, 9.17) is 11.5 Å². The second kappa shape index (κ2) is 26.9. The lowest BCUT2D eigenvalue weighted by molar-refractivity contribution is 0.217. The monoisotopic (exact) mass is 484 g/mol. The van der Waals surface area contributed by atoms with Gasteiger partial charge >= 0.3 is 0 Å². The van der Waals surface area contributed by atoms with Crippen LogP contribution >= 0.6 is 0 Å². The van der Waals surface area contributed by atoms with Crippen molar-refractivity contribution in [3.63, 3.8) is 0 Å². The summed E-state index contributed by atoms with van der Waals surface area (Å²) in [5.41, 5.74) is 0. The Morgan fingerprint density at radius 3 is 1.66 bits per heavy atom. The van der Waals surface area contributed by atoms with Gasteiger partial charge in [-0.05, 0) is 49.5 Å². The van der Waals surface area contributed by atoms with Crippen LogP contribution in [0.2, 0.25) is 0 Å². The predicted octanol–water partition coefficient (Wildman–Crippen LogP) is 6.94. The number of allylic oxidation sites excluding steroid dienone is 1. The summed E-state index contributed by atoms with van der Waals surface area (Å²) in [6.07, 6.45) is 31.6. The Hall–Kier alpha value is -1.70. The van der Waals surface area contributed by atoms with Crippen molar-refractivity contribution < 1.29 is 15.3 Å². The number of aliphatic hydroxyl groups excluding tert-OH is 3. The fourth-order valence-corrected chi connectivity index (χ4v) is 4.21. The van der Waals surface area contributed by atoms with Gasteiger partial charge in [-0.25, -0.2) is 0 Å². The molecule has 0 aliphatic rings. The highest BCUT2D eigenvalue weighted by Crippen LogP contribution is 2.17. The number of hydrogen-bond donors (Lipinski definition) is 3. The molecule has 198 valence electrons. The third kappa shape index (κ3) is 26.7. The first-order valence-corrected chi connectivity index (χ1v) is 14.2. The van der Waals surface area contributed by atoms with E-state index < -0.39 is 12.2 Å². The van der Waals surface area contributed by atoms with Crippen molar-refractivity contribution in [1.29, 1.82) is 0 Å². The van der Waals surface area contributed by atoms with Gasteiger partial charge in [0.25, 0.3) is 0 Å². The molecule has 0 spiro atoms. The topological polar surface area (TPSA) is 60.7 Å². The Bertz CT molecular complexity index is 652. The molecule has 0 aliphatic heterocycles. The molecule has 0 saturated heterocycles. The van der Waals surface area contributed by atoms with Crippen molar-refractivity contribution in [1.82, 2.24) is 0 Å². The predicted molar refractivity (Wildman–Crippen MR) is 150 cm³/mol. The minimum Gasteiger partial charge on any atom is -0.384 e. The maximum Gasteiger partial charge on any atom is 0.133 e. The molecular weight excluding hydrogens is 432 g/mol. The molecule has 35 heavy (non-hydrogen) atoms. The average molecular weight is 485 g/mol. The van der Waals surface area contributed by atoms with E-state index in [1.165, 1.54) is 96.3 Å². The minimum atomic E-state index is -0.731. The first kappa shape index (κ1) is 33.3. The first-order valence-electron chi connectivity index (χ1n) is 14.2. The molecule has 0 heterocycles. The molecule has 0 radical (unpaired) electrons. The van der Waals surface area contributed by atoms with E-state index in [0.29, 0.717) is 6.42 Å². The van der Waals surface area contributed by atoms with E-state index in [2.05, 4.69) is 36.5 Å². The summed E-state index contributed by atoms with van der Waals surface area (Å²) in [5, 5.41) is 27.5. The fraction of sp³-hybridized carbons (Fsp3) is 0.750. The summed E-state index contributed by atoms with van der Waals surface area (Å²) >= 11 is 0. The SMILES string of the molecule is C#CC(O)C=CCCC(C)CCCCCCCCCCCCCCCCCC(O)C#CC#CCO. The highest BCUT2D eigenvalue weighted by Gasteiger charge is 2.02. The standard InChI is InChI=1S/C32H52O3/c1-3-31(34)26-22-21-25-30(2)24-18-15-13-11-9-7-5-4-6-8-10-12-14-16-19-27-32(35)28-20-17-23-29-33/h1,22,26,30-35H,4-16,18-19,21,24-25,27,29H2,2H3. The summed E-state index contributed by atoms with van der Waals surface area (Å²) in [6, 6.07) is 0. The number of rotatable bonds is 22. The molecule has 0 aromatic heterocycles. The average Bonchev–Trinajstić information content (AvgIpc) is 2.86. The van der Waals surface area contributed by atoms with Gasteiger partial charge in [-0.3, -0.25) is 0 Å². The maximum atomic E-state index is 9.72. The van der Waals surface area contributed by atoms with E-state index >= 15 is 0 Å². The Kier molecular flexibility index (Phi) is 25.6. The molecule has 0 rings (SSSR count). The zero-order valence-electron chi connectivity index (χ0n) is 22.4. The van der Waals surface area contributed by atoms with E-state index in [9.17, 15) is 10.2 Å². The lowest BCUT2D eigenvalue weighted by Crippen LogP contribution is -2.01. The van der Waals surface area contributed by atoms with Gasteiger partial charge in [0.1, 0.15) is 18.8 Å². The van der Waals surface area contributed by atoms with Crippen LogP contribution in [0.5, 0.6) is 0 Å². The molecule has 0 aliphatic carbocycles. The number of unbranched alkanes of at least 4 members (excludes halogenated alkanes) is 14. The molecule has 0 bridgehead atoms. The lowest BCUT2D eigenvalue weighted by atomic mass is 9.97. The second-order valence-corrected chi connectivity index (χ2v) is 9.85. The van der Waals surface area contributed by atoms with Gasteiger partial charge in [0.15, 0.2) is 0 Å². The number of aliphatic hydroxyl groups is 3. The van der Waals surface area contributed by atoms with Crippen molar-refractivity contribution in [2.24, 2.45) is 5.92 Å². The van der Waals surface area contributed by atoms with Crippen LogP contribution in [0.3, 0.4) is 0 Å². The molecule has 3 unspecified atom stereocenters. The van der Waals surface area contributed by atoms with Gasteiger partial charge < -0.3 is 15.3 Å². The molecule has 0 fully saturated rings. The Morgan fingerprint density at radius 2 is 1.17 bits per heavy atom. The number of terminal acetylenes is 1.